The SMILES string of the molecule is O=Cc1ccc(-c2ccc(C3=NN=CC(CC4CN5CCC4CC5)C3)cc2)s1. The number of hydrogen-bond acceptors (Lipinski definition) is 5. The van der Waals surface area contributed by atoms with Crippen LogP contribution in [0.2, 0.25) is 0 Å². The number of nitrogens with zero attached hydrogens (tertiary/aromatic N) is 3. The summed E-state index contributed by atoms with van der Waals surface area (Å²) in [5.41, 5.74) is 3.40. The fourth-order valence-electron chi connectivity index (χ4n) is 5.00. The number of aldehydes is 1. The molecule has 0 saturated carbocycles. The highest BCUT2D eigenvalue weighted by molar-refractivity contribution is 7.17. The monoisotopic (exact) mass is 391 g/mol. The molecule has 144 valence electrons. The Morgan fingerprint density at radius 3 is 2.54 bits per heavy atom. The van der Waals surface area contributed by atoms with E-state index in [1.807, 2.05) is 12.1 Å². The van der Waals surface area contributed by atoms with E-state index in [4.69, 9.17) is 0 Å². The van der Waals surface area contributed by atoms with E-state index in [1.165, 1.54) is 50.2 Å². The van der Waals surface area contributed by atoms with Crippen LogP contribution in [0.3, 0.4) is 0 Å². The zero-order valence-electron chi connectivity index (χ0n) is 16.0. The molecule has 5 heterocycles. The van der Waals surface area contributed by atoms with Crippen LogP contribution in [-0.4, -0.2) is 42.7 Å². The van der Waals surface area contributed by atoms with Gasteiger partial charge in [-0.1, -0.05) is 24.3 Å². The first-order valence-electron chi connectivity index (χ1n) is 10.3. The van der Waals surface area contributed by atoms with Crippen LogP contribution in [0.1, 0.15) is 40.9 Å². The number of thiophene rings is 1. The van der Waals surface area contributed by atoms with Crippen molar-refractivity contribution in [2.75, 3.05) is 19.6 Å². The predicted octanol–water partition coefficient (Wildman–Crippen LogP) is 4.75. The van der Waals surface area contributed by atoms with Gasteiger partial charge in [0, 0.05) is 23.6 Å². The largest absolute Gasteiger partial charge is 0.303 e. The summed E-state index contributed by atoms with van der Waals surface area (Å²) in [6.45, 7) is 3.88. The molecule has 2 unspecified atom stereocenters. The lowest BCUT2D eigenvalue weighted by atomic mass is 9.74. The van der Waals surface area contributed by atoms with Crippen LogP contribution in [-0.2, 0) is 0 Å². The van der Waals surface area contributed by atoms with Crippen LogP contribution in [0.4, 0.5) is 0 Å². The fraction of sp³-hybridized carbons (Fsp3) is 0.435. The Kier molecular flexibility index (Phi) is 4.95. The molecule has 6 rings (SSSR count). The Morgan fingerprint density at radius 2 is 1.86 bits per heavy atom. The van der Waals surface area contributed by atoms with E-state index in [1.54, 1.807) is 0 Å². The van der Waals surface area contributed by atoms with Crippen molar-refractivity contribution in [2.24, 2.45) is 28.0 Å². The summed E-state index contributed by atoms with van der Waals surface area (Å²) in [6.07, 6.45) is 7.97. The molecule has 3 saturated heterocycles. The van der Waals surface area contributed by atoms with Gasteiger partial charge in [0.25, 0.3) is 0 Å². The van der Waals surface area contributed by atoms with Crippen LogP contribution < -0.4 is 0 Å². The van der Waals surface area contributed by atoms with Crippen molar-refractivity contribution in [1.29, 1.82) is 0 Å². The van der Waals surface area contributed by atoms with Crippen LogP contribution in [0.5, 0.6) is 0 Å². The second-order valence-electron chi connectivity index (χ2n) is 8.31. The Morgan fingerprint density at radius 1 is 1.07 bits per heavy atom. The Labute approximate surface area is 170 Å². The minimum atomic E-state index is 0.505. The smallest absolute Gasteiger partial charge is 0.160 e. The van der Waals surface area contributed by atoms with Gasteiger partial charge < -0.3 is 4.90 Å². The zero-order valence-corrected chi connectivity index (χ0v) is 16.8. The summed E-state index contributed by atoms with van der Waals surface area (Å²) in [6, 6.07) is 12.4. The van der Waals surface area contributed by atoms with E-state index >= 15 is 0 Å². The van der Waals surface area contributed by atoms with E-state index in [0.29, 0.717) is 5.92 Å². The Balaban J connectivity index is 1.25. The van der Waals surface area contributed by atoms with Crippen molar-refractivity contribution in [3.63, 3.8) is 0 Å². The number of fused-ring (bicyclic) bond motifs is 3. The second kappa shape index (κ2) is 7.72. The Hall–Kier alpha value is -2.11. The topological polar surface area (TPSA) is 45.0 Å². The van der Waals surface area contributed by atoms with Gasteiger partial charge in [-0.3, -0.25) is 4.79 Å². The number of carbonyl (C=O) groups excluding carboxylic acids is 1. The van der Waals surface area contributed by atoms with E-state index < -0.39 is 0 Å². The molecule has 2 atom stereocenters. The molecule has 28 heavy (non-hydrogen) atoms. The van der Waals surface area contributed by atoms with Crippen molar-refractivity contribution in [2.45, 2.75) is 25.7 Å². The van der Waals surface area contributed by atoms with Crippen LogP contribution >= 0.6 is 11.3 Å². The summed E-state index contributed by atoms with van der Waals surface area (Å²) < 4.78 is 0. The number of hydrogen-bond donors (Lipinski definition) is 0. The molecule has 0 radical (unpaired) electrons. The first-order chi connectivity index (χ1) is 13.8. The van der Waals surface area contributed by atoms with Gasteiger partial charge in [-0.25, -0.2) is 0 Å². The van der Waals surface area contributed by atoms with Gasteiger partial charge in [-0.15, -0.1) is 11.3 Å². The third kappa shape index (κ3) is 3.61. The van der Waals surface area contributed by atoms with Gasteiger partial charge >= 0.3 is 0 Å². The second-order valence-corrected chi connectivity index (χ2v) is 9.42. The van der Waals surface area contributed by atoms with E-state index in [-0.39, 0.29) is 0 Å². The predicted molar refractivity (Wildman–Crippen MR) is 116 cm³/mol. The molecule has 0 N–H and O–H groups in total. The summed E-state index contributed by atoms with van der Waals surface area (Å²) in [4.78, 5) is 15.4. The number of piperidine rings is 3. The molecule has 3 fully saturated rings. The lowest BCUT2D eigenvalue weighted by Crippen LogP contribution is -2.48. The molecule has 1 aromatic carbocycles. The van der Waals surface area contributed by atoms with Crippen LogP contribution in [0.15, 0.2) is 46.6 Å². The van der Waals surface area contributed by atoms with Crippen molar-refractivity contribution >= 4 is 29.5 Å². The molecular weight excluding hydrogens is 366 g/mol. The molecule has 1 aromatic heterocycles. The summed E-state index contributed by atoms with van der Waals surface area (Å²) in [5, 5.41) is 8.79. The molecular formula is C23H25N3OS. The highest BCUT2D eigenvalue weighted by Crippen LogP contribution is 2.37. The van der Waals surface area contributed by atoms with E-state index in [9.17, 15) is 4.79 Å². The van der Waals surface area contributed by atoms with Crippen molar-refractivity contribution in [1.82, 2.24) is 4.90 Å². The minimum Gasteiger partial charge on any atom is -0.303 e. The van der Waals surface area contributed by atoms with Gasteiger partial charge in [0.15, 0.2) is 6.29 Å². The maximum absolute atomic E-state index is 10.9. The third-order valence-electron chi connectivity index (χ3n) is 6.55. The molecule has 2 aromatic rings. The normalized spacial score (nSPS) is 28.9. The average Bonchev–Trinajstić information content (AvgIpc) is 3.24. The first kappa shape index (κ1) is 18.0. The average molecular weight is 392 g/mol. The molecule has 0 aliphatic carbocycles. The molecule has 0 spiro atoms. The van der Waals surface area contributed by atoms with E-state index in [2.05, 4.69) is 45.6 Å². The highest BCUT2D eigenvalue weighted by atomic mass is 32.1. The van der Waals surface area contributed by atoms with Crippen molar-refractivity contribution in [3.05, 3.63) is 46.8 Å². The first-order valence-corrected chi connectivity index (χ1v) is 11.1. The van der Waals surface area contributed by atoms with Crippen LogP contribution in [0, 0.1) is 17.8 Å². The maximum atomic E-state index is 10.9. The highest BCUT2D eigenvalue weighted by Gasteiger charge is 2.35. The van der Waals surface area contributed by atoms with Gasteiger partial charge in [0.2, 0.25) is 0 Å². The lowest BCUT2D eigenvalue weighted by molar-refractivity contribution is 0.0428. The fourth-order valence-corrected chi connectivity index (χ4v) is 5.83. The number of benzene rings is 1. The van der Waals surface area contributed by atoms with Crippen molar-refractivity contribution < 1.29 is 4.79 Å². The summed E-state index contributed by atoms with van der Waals surface area (Å²) in [5.74, 6) is 2.25. The zero-order chi connectivity index (χ0) is 18.9. The standard InChI is InChI=1S/C23H25N3OS/c27-15-21-5-6-23(28-21)19-3-1-18(2-4-19)22-12-16(13-24-25-22)11-20-14-26-9-7-17(20)8-10-26/h1-6,13,15-17,20H,7-12,14H2. The third-order valence-corrected chi connectivity index (χ3v) is 7.61. The molecule has 4 aliphatic heterocycles. The maximum Gasteiger partial charge on any atom is 0.160 e. The molecule has 2 bridgehead atoms. The lowest BCUT2D eigenvalue weighted by Gasteiger charge is -2.45. The van der Waals surface area contributed by atoms with E-state index in [0.717, 1.165) is 51.1 Å². The number of carbonyl (C=O) groups is 1. The Bertz CT molecular complexity index is 906. The van der Waals surface area contributed by atoms with Gasteiger partial charge in [0.05, 0.1) is 10.6 Å². The summed E-state index contributed by atoms with van der Waals surface area (Å²) in [7, 11) is 0. The number of rotatable bonds is 5. The molecule has 0 amide bonds. The van der Waals surface area contributed by atoms with Gasteiger partial charge in [-0.2, -0.15) is 10.2 Å². The molecule has 4 nitrogen and oxygen atoms in total. The van der Waals surface area contributed by atoms with Crippen LogP contribution in [0.25, 0.3) is 10.4 Å². The molecule has 5 heteroatoms. The molecule has 4 aliphatic rings. The van der Waals surface area contributed by atoms with Crippen molar-refractivity contribution in [3.8, 4) is 10.4 Å². The summed E-state index contributed by atoms with van der Waals surface area (Å²) >= 11 is 1.53. The minimum absolute atomic E-state index is 0.505. The quantitative estimate of drug-likeness (QED) is 0.690. The van der Waals surface area contributed by atoms with Gasteiger partial charge in [0.1, 0.15) is 0 Å². The van der Waals surface area contributed by atoms with Gasteiger partial charge in [-0.05, 0) is 73.9 Å².